The molecule has 0 aliphatic heterocycles. The van der Waals surface area contributed by atoms with Gasteiger partial charge in [-0.25, -0.2) is 0 Å². The second-order valence-electron chi connectivity index (χ2n) is 6.79. The molecule has 0 bridgehead atoms. The average Bonchev–Trinajstić information content (AvgIpc) is 2.29. The van der Waals surface area contributed by atoms with Crippen LogP contribution in [0.4, 0.5) is 0 Å². The molecule has 0 aromatic heterocycles. The van der Waals surface area contributed by atoms with Crippen LogP contribution >= 0.6 is 0 Å². The highest BCUT2D eigenvalue weighted by Gasteiger charge is 2.42. The average molecular weight is 259 g/mol. The van der Waals surface area contributed by atoms with Gasteiger partial charge in [0.1, 0.15) is 0 Å². The molecule has 1 nitrogen and oxygen atoms in total. The molecule has 1 aromatic rings. The van der Waals surface area contributed by atoms with Crippen LogP contribution in [0.1, 0.15) is 56.2 Å². The van der Waals surface area contributed by atoms with Crippen LogP contribution in [0.5, 0.6) is 0 Å². The minimum atomic E-state index is 0.327. The van der Waals surface area contributed by atoms with Crippen LogP contribution in [0.3, 0.4) is 0 Å². The van der Waals surface area contributed by atoms with Crippen LogP contribution in [0.2, 0.25) is 0 Å². The van der Waals surface area contributed by atoms with Gasteiger partial charge >= 0.3 is 0 Å². The van der Waals surface area contributed by atoms with Crippen molar-refractivity contribution in [3.8, 4) is 0 Å². The molecule has 106 valence electrons. The minimum Gasteiger partial charge on any atom is -0.297 e. The van der Waals surface area contributed by atoms with Gasteiger partial charge in [0, 0.05) is 5.54 Å². The smallest absolute Gasteiger partial charge is 0.0457 e. The third kappa shape index (κ3) is 2.86. The van der Waals surface area contributed by atoms with Crippen molar-refractivity contribution in [3.63, 3.8) is 0 Å². The van der Waals surface area contributed by atoms with Crippen LogP contribution in [-0.4, -0.2) is 18.5 Å². The summed E-state index contributed by atoms with van der Waals surface area (Å²) in [6.07, 6.45) is 5.32. The summed E-state index contributed by atoms with van der Waals surface area (Å²) in [6, 6.07) is 7.06. The maximum Gasteiger partial charge on any atom is 0.0457 e. The minimum absolute atomic E-state index is 0.327. The predicted octanol–water partition coefficient (Wildman–Crippen LogP) is 4.66. The highest BCUT2D eigenvalue weighted by Crippen LogP contribution is 2.46. The molecular weight excluding hydrogens is 230 g/mol. The Hall–Kier alpha value is -0.820. The molecule has 0 N–H and O–H groups in total. The van der Waals surface area contributed by atoms with Crippen molar-refractivity contribution in [2.24, 2.45) is 5.92 Å². The Balaban J connectivity index is 2.19. The Morgan fingerprint density at radius 2 is 1.84 bits per heavy atom. The number of aryl methyl sites for hydroxylation is 2. The van der Waals surface area contributed by atoms with Crippen LogP contribution < -0.4 is 0 Å². The first-order valence-corrected chi connectivity index (χ1v) is 7.75. The van der Waals surface area contributed by atoms with Crippen molar-refractivity contribution < 1.29 is 0 Å². The molecule has 0 heterocycles. The largest absolute Gasteiger partial charge is 0.297 e. The van der Waals surface area contributed by atoms with Gasteiger partial charge in [0.2, 0.25) is 0 Å². The lowest BCUT2D eigenvalue weighted by Gasteiger charge is -2.50. The first kappa shape index (κ1) is 14.6. The van der Waals surface area contributed by atoms with Crippen molar-refractivity contribution in [3.05, 3.63) is 34.9 Å². The first-order chi connectivity index (χ1) is 8.95. The first-order valence-electron chi connectivity index (χ1n) is 7.75. The molecular formula is C18H29N. The Kier molecular flexibility index (Phi) is 4.35. The third-order valence-corrected chi connectivity index (χ3v) is 5.00. The van der Waals surface area contributed by atoms with E-state index in [0.29, 0.717) is 5.54 Å². The highest BCUT2D eigenvalue weighted by atomic mass is 15.2. The van der Waals surface area contributed by atoms with E-state index in [-0.39, 0.29) is 0 Å². The van der Waals surface area contributed by atoms with E-state index < -0.39 is 0 Å². The number of hydrogen-bond donors (Lipinski definition) is 0. The van der Waals surface area contributed by atoms with Crippen molar-refractivity contribution in [1.82, 2.24) is 4.90 Å². The summed E-state index contributed by atoms with van der Waals surface area (Å²) < 4.78 is 0. The van der Waals surface area contributed by atoms with E-state index in [1.54, 1.807) is 0 Å². The third-order valence-electron chi connectivity index (χ3n) is 5.00. The Bertz CT molecular complexity index is 429. The van der Waals surface area contributed by atoms with E-state index in [9.17, 15) is 0 Å². The molecule has 1 fully saturated rings. The molecule has 0 saturated heterocycles. The summed E-state index contributed by atoms with van der Waals surface area (Å²) in [7, 11) is 2.32. The summed E-state index contributed by atoms with van der Waals surface area (Å²) in [5.41, 5.74) is 4.70. The fraction of sp³-hybridized carbons (Fsp3) is 0.667. The monoisotopic (exact) mass is 259 g/mol. The molecule has 19 heavy (non-hydrogen) atoms. The zero-order valence-electron chi connectivity index (χ0n) is 13.3. The zero-order valence-corrected chi connectivity index (χ0v) is 13.3. The fourth-order valence-corrected chi connectivity index (χ4v) is 3.10. The molecule has 1 aliphatic rings. The van der Waals surface area contributed by atoms with Gasteiger partial charge in [-0.3, -0.25) is 4.90 Å². The van der Waals surface area contributed by atoms with E-state index in [4.69, 9.17) is 0 Å². The normalized spacial score (nSPS) is 17.8. The molecule has 1 heteroatoms. The summed E-state index contributed by atoms with van der Waals surface area (Å²) in [6.45, 7) is 10.3. The molecule has 0 spiro atoms. The summed E-state index contributed by atoms with van der Waals surface area (Å²) >= 11 is 0. The van der Waals surface area contributed by atoms with E-state index in [1.165, 1.54) is 48.9 Å². The van der Waals surface area contributed by atoms with E-state index in [0.717, 1.165) is 5.92 Å². The van der Waals surface area contributed by atoms with E-state index in [2.05, 4.69) is 57.8 Å². The van der Waals surface area contributed by atoms with Crippen LogP contribution in [0.25, 0.3) is 0 Å². The summed E-state index contributed by atoms with van der Waals surface area (Å²) in [4.78, 5) is 2.61. The summed E-state index contributed by atoms with van der Waals surface area (Å²) in [5, 5.41) is 0. The van der Waals surface area contributed by atoms with Gasteiger partial charge < -0.3 is 0 Å². The lowest BCUT2D eigenvalue weighted by atomic mass is 9.70. The van der Waals surface area contributed by atoms with Crippen molar-refractivity contribution >= 4 is 0 Å². The fourth-order valence-electron chi connectivity index (χ4n) is 3.10. The lowest BCUT2D eigenvalue weighted by Crippen LogP contribution is -2.49. The highest BCUT2D eigenvalue weighted by molar-refractivity contribution is 5.35. The molecule has 1 aliphatic carbocycles. The molecule has 0 amide bonds. The van der Waals surface area contributed by atoms with Gasteiger partial charge in [-0.05, 0) is 75.7 Å². The number of benzene rings is 1. The van der Waals surface area contributed by atoms with Gasteiger partial charge in [0.05, 0.1) is 0 Å². The van der Waals surface area contributed by atoms with Crippen LogP contribution in [0.15, 0.2) is 18.2 Å². The molecule has 0 radical (unpaired) electrons. The van der Waals surface area contributed by atoms with Gasteiger partial charge in [0.15, 0.2) is 0 Å². The van der Waals surface area contributed by atoms with Gasteiger partial charge in [-0.1, -0.05) is 32.0 Å². The van der Waals surface area contributed by atoms with Crippen LogP contribution in [0, 0.1) is 19.8 Å². The van der Waals surface area contributed by atoms with Crippen molar-refractivity contribution in [2.75, 3.05) is 13.6 Å². The van der Waals surface area contributed by atoms with Crippen LogP contribution in [-0.2, 0) is 5.54 Å². The number of hydrogen-bond acceptors (Lipinski definition) is 1. The second kappa shape index (κ2) is 5.66. The maximum absolute atomic E-state index is 2.61. The second-order valence-corrected chi connectivity index (χ2v) is 6.79. The maximum atomic E-state index is 2.61. The van der Waals surface area contributed by atoms with Crippen molar-refractivity contribution in [2.45, 2.75) is 58.9 Å². The van der Waals surface area contributed by atoms with Gasteiger partial charge in [-0.15, -0.1) is 0 Å². The number of nitrogens with zero attached hydrogens (tertiary/aromatic N) is 1. The van der Waals surface area contributed by atoms with Gasteiger partial charge in [-0.2, -0.15) is 0 Å². The van der Waals surface area contributed by atoms with E-state index >= 15 is 0 Å². The molecule has 1 aromatic carbocycles. The predicted molar refractivity (Wildman–Crippen MR) is 83.5 cm³/mol. The Morgan fingerprint density at radius 1 is 1.16 bits per heavy atom. The Morgan fingerprint density at radius 3 is 2.32 bits per heavy atom. The zero-order chi connectivity index (χ0) is 14.0. The topological polar surface area (TPSA) is 3.24 Å². The number of rotatable bonds is 5. The Labute approximate surface area is 119 Å². The molecule has 0 unspecified atom stereocenters. The van der Waals surface area contributed by atoms with Gasteiger partial charge in [0.25, 0.3) is 0 Å². The SMILES string of the molecule is Cc1ccc(C2(N(C)CCC(C)C)CCC2)cc1C. The molecule has 0 atom stereocenters. The lowest BCUT2D eigenvalue weighted by molar-refractivity contribution is 0.0311. The quantitative estimate of drug-likeness (QED) is 0.743. The molecule has 2 rings (SSSR count). The standard InChI is InChI=1S/C18H29N/c1-14(2)9-12-19(5)18(10-6-11-18)17-8-7-15(3)16(4)13-17/h7-8,13-14H,6,9-12H2,1-5H3. The van der Waals surface area contributed by atoms with E-state index in [1.807, 2.05) is 0 Å². The molecule has 1 saturated carbocycles. The summed E-state index contributed by atoms with van der Waals surface area (Å²) in [5.74, 6) is 0.791. The van der Waals surface area contributed by atoms with Crippen molar-refractivity contribution in [1.29, 1.82) is 0 Å².